The summed E-state index contributed by atoms with van der Waals surface area (Å²) >= 11 is 0. The number of carboxylic acids is 1. The van der Waals surface area contributed by atoms with Crippen molar-refractivity contribution in [2.45, 2.75) is 20.3 Å². The molecule has 1 heterocycles. The third-order valence-corrected chi connectivity index (χ3v) is 2.04. The number of nitrogens with zero attached hydrogens (tertiary/aromatic N) is 3. The zero-order chi connectivity index (χ0) is 13.5. The first kappa shape index (κ1) is 14.1. The molecule has 1 amide bonds. The molecule has 0 unspecified atom stereocenters. The molecule has 1 rings (SSSR count). The topological polar surface area (TPSA) is 109 Å². The Morgan fingerprint density at radius 1 is 1.39 bits per heavy atom. The number of rotatable bonds is 7. The molecule has 0 saturated heterocycles. The van der Waals surface area contributed by atoms with E-state index in [1.165, 1.54) is 4.90 Å². The van der Waals surface area contributed by atoms with Gasteiger partial charge in [0.2, 0.25) is 11.8 Å². The molecule has 0 aliphatic heterocycles. The molecular formula is C10H16N4O4. The lowest BCUT2D eigenvalue weighted by molar-refractivity contribution is -0.138. The number of nitrogens with one attached hydrogen (secondary N) is 1. The van der Waals surface area contributed by atoms with E-state index in [2.05, 4.69) is 15.5 Å². The van der Waals surface area contributed by atoms with Crippen molar-refractivity contribution in [2.75, 3.05) is 25.0 Å². The van der Waals surface area contributed by atoms with Gasteiger partial charge in [-0.3, -0.25) is 19.8 Å². The monoisotopic (exact) mass is 256 g/mol. The van der Waals surface area contributed by atoms with Crippen LogP contribution in [0.3, 0.4) is 0 Å². The van der Waals surface area contributed by atoms with Crippen molar-refractivity contribution in [2.24, 2.45) is 0 Å². The molecule has 0 aliphatic rings. The summed E-state index contributed by atoms with van der Waals surface area (Å²) in [6.45, 7) is 3.85. The highest BCUT2D eigenvalue weighted by molar-refractivity contribution is 5.90. The average molecular weight is 256 g/mol. The Kier molecular flexibility index (Phi) is 5.25. The fourth-order valence-electron chi connectivity index (χ4n) is 1.43. The van der Waals surface area contributed by atoms with E-state index in [1.54, 1.807) is 6.92 Å². The van der Waals surface area contributed by atoms with Crippen molar-refractivity contribution in [3.05, 3.63) is 5.89 Å². The molecule has 1 aromatic heterocycles. The first-order chi connectivity index (χ1) is 8.51. The van der Waals surface area contributed by atoms with Crippen LogP contribution < -0.4 is 5.32 Å². The standard InChI is InChI=1S/C10H16N4O4/c1-3-4-14(6-9(16)17)5-8(15)11-10-13-12-7(2)18-10/h3-6H2,1-2H3,(H,16,17)(H,11,13,15). The zero-order valence-corrected chi connectivity index (χ0v) is 10.3. The summed E-state index contributed by atoms with van der Waals surface area (Å²) in [5.74, 6) is -1.00. The molecule has 0 saturated carbocycles. The Balaban J connectivity index is 2.47. The summed E-state index contributed by atoms with van der Waals surface area (Å²) in [6, 6.07) is 0.0178. The summed E-state index contributed by atoms with van der Waals surface area (Å²) < 4.78 is 4.99. The first-order valence-electron chi connectivity index (χ1n) is 5.55. The van der Waals surface area contributed by atoms with Crippen LogP contribution >= 0.6 is 0 Å². The largest absolute Gasteiger partial charge is 0.480 e. The van der Waals surface area contributed by atoms with Crippen molar-refractivity contribution in [3.8, 4) is 0 Å². The maximum absolute atomic E-state index is 11.6. The van der Waals surface area contributed by atoms with Crippen LogP contribution in [0, 0.1) is 6.92 Å². The Hall–Kier alpha value is -1.96. The van der Waals surface area contributed by atoms with Crippen LogP contribution in [0.5, 0.6) is 0 Å². The lowest BCUT2D eigenvalue weighted by Gasteiger charge is -2.17. The second kappa shape index (κ2) is 6.70. The van der Waals surface area contributed by atoms with Crippen molar-refractivity contribution >= 4 is 17.9 Å². The van der Waals surface area contributed by atoms with Gasteiger partial charge in [-0.25, -0.2) is 0 Å². The van der Waals surface area contributed by atoms with Crippen molar-refractivity contribution in [1.29, 1.82) is 0 Å². The highest BCUT2D eigenvalue weighted by atomic mass is 16.4. The molecule has 0 aromatic carbocycles. The Morgan fingerprint density at radius 3 is 2.61 bits per heavy atom. The molecular weight excluding hydrogens is 240 g/mol. The van der Waals surface area contributed by atoms with E-state index in [4.69, 9.17) is 9.52 Å². The number of amides is 1. The molecule has 8 nitrogen and oxygen atoms in total. The minimum Gasteiger partial charge on any atom is -0.480 e. The van der Waals surface area contributed by atoms with Gasteiger partial charge in [0.15, 0.2) is 0 Å². The predicted molar refractivity (Wildman–Crippen MR) is 62.0 cm³/mol. The summed E-state index contributed by atoms with van der Waals surface area (Å²) in [4.78, 5) is 23.8. The number of carbonyl (C=O) groups is 2. The van der Waals surface area contributed by atoms with Crippen LogP contribution in [0.2, 0.25) is 0 Å². The quantitative estimate of drug-likeness (QED) is 0.712. The fraction of sp³-hybridized carbons (Fsp3) is 0.600. The maximum Gasteiger partial charge on any atom is 0.322 e. The van der Waals surface area contributed by atoms with Crippen molar-refractivity contribution in [3.63, 3.8) is 0 Å². The van der Waals surface area contributed by atoms with E-state index in [0.29, 0.717) is 12.4 Å². The van der Waals surface area contributed by atoms with Gasteiger partial charge in [-0.05, 0) is 13.0 Å². The number of carboxylic acid groups (broad SMARTS) is 1. The van der Waals surface area contributed by atoms with Gasteiger partial charge in [0.05, 0.1) is 13.1 Å². The fourth-order valence-corrected chi connectivity index (χ4v) is 1.43. The summed E-state index contributed by atoms with van der Waals surface area (Å²) in [7, 11) is 0. The molecule has 1 aromatic rings. The molecule has 0 fully saturated rings. The van der Waals surface area contributed by atoms with Gasteiger partial charge in [0, 0.05) is 6.92 Å². The molecule has 0 bridgehead atoms. The lowest BCUT2D eigenvalue weighted by Crippen LogP contribution is -2.37. The molecule has 0 spiro atoms. The average Bonchev–Trinajstić information content (AvgIpc) is 2.62. The molecule has 0 atom stereocenters. The Bertz CT molecular complexity index is 418. The molecule has 2 N–H and O–H groups in total. The highest BCUT2D eigenvalue weighted by Gasteiger charge is 2.14. The number of anilines is 1. The van der Waals surface area contributed by atoms with Gasteiger partial charge >= 0.3 is 12.0 Å². The molecule has 100 valence electrons. The smallest absolute Gasteiger partial charge is 0.322 e. The molecule has 8 heteroatoms. The number of aromatic nitrogens is 2. The van der Waals surface area contributed by atoms with Crippen LogP contribution in [-0.4, -0.2) is 51.7 Å². The second-order valence-electron chi connectivity index (χ2n) is 3.78. The molecule has 0 radical (unpaired) electrons. The minimum atomic E-state index is -0.968. The summed E-state index contributed by atoms with van der Waals surface area (Å²) in [6.07, 6.45) is 0.764. The summed E-state index contributed by atoms with van der Waals surface area (Å²) in [5.41, 5.74) is 0. The van der Waals surface area contributed by atoms with Crippen LogP contribution in [0.1, 0.15) is 19.2 Å². The molecule has 18 heavy (non-hydrogen) atoms. The van der Waals surface area contributed by atoms with Gasteiger partial charge in [-0.1, -0.05) is 12.0 Å². The van der Waals surface area contributed by atoms with E-state index in [9.17, 15) is 9.59 Å². The van der Waals surface area contributed by atoms with E-state index < -0.39 is 5.97 Å². The van der Waals surface area contributed by atoms with Gasteiger partial charge in [0.25, 0.3) is 0 Å². The summed E-state index contributed by atoms with van der Waals surface area (Å²) in [5, 5.41) is 18.3. The SMILES string of the molecule is CCCN(CC(=O)O)CC(=O)Nc1nnc(C)o1. The lowest BCUT2D eigenvalue weighted by atomic mass is 10.4. The normalized spacial score (nSPS) is 10.6. The van der Waals surface area contributed by atoms with E-state index >= 15 is 0 Å². The van der Waals surface area contributed by atoms with Gasteiger partial charge in [-0.15, -0.1) is 5.10 Å². The Labute approximate surface area is 104 Å². The van der Waals surface area contributed by atoms with E-state index in [1.807, 2.05) is 6.92 Å². The molecule has 0 aliphatic carbocycles. The Morgan fingerprint density at radius 2 is 2.11 bits per heavy atom. The van der Waals surface area contributed by atoms with E-state index in [-0.39, 0.29) is 25.0 Å². The minimum absolute atomic E-state index is 0.0178. The number of carbonyl (C=O) groups excluding carboxylic acids is 1. The van der Waals surface area contributed by atoms with Gasteiger partial charge in [0.1, 0.15) is 0 Å². The number of aryl methyl sites for hydroxylation is 1. The van der Waals surface area contributed by atoms with Gasteiger partial charge < -0.3 is 9.52 Å². The zero-order valence-electron chi connectivity index (χ0n) is 10.3. The number of hydrogen-bond acceptors (Lipinski definition) is 6. The van der Waals surface area contributed by atoms with Crippen molar-refractivity contribution < 1.29 is 19.1 Å². The third-order valence-electron chi connectivity index (χ3n) is 2.04. The van der Waals surface area contributed by atoms with Gasteiger partial charge in [-0.2, -0.15) is 0 Å². The third kappa shape index (κ3) is 4.91. The van der Waals surface area contributed by atoms with Crippen LogP contribution in [0.4, 0.5) is 6.01 Å². The van der Waals surface area contributed by atoms with E-state index in [0.717, 1.165) is 6.42 Å². The maximum atomic E-state index is 11.6. The van der Waals surface area contributed by atoms with Crippen LogP contribution in [0.25, 0.3) is 0 Å². The number of hydrogen-bond donors (Lipinski definition) is 2. The van der Waals surface area contributed by atoms with Crippen LogP contribution in [-0.2, 0) is 9.59 Å². The second-order valence-corrected chi connectivity index (χ2v) is 3.78. The first-order valence-corrected chi connectivity index (χ1v) is 5.55. The number of aliphatic carboxylic acids is 1. The predicted octanol–water partition coefficient (Wildman–Crippen LogP) is 0.113. The highest BCUT2D eigenvalue weighted by Crippen LogP contribution is 2.03. The van der Waals surface area contributed by atoms with Crippen LogP contribution in [0.15, 0.2) is 4.42 Å². The van der Waals surface area contributed by atoms with Crippen molar-refractivity contribution in [1.82, 2.24) is 15.1 Å².